The predicted octanol–water partition coefficient (Wildman–Crippen LogP) is 1.56. The maximum Gasteiger partial charge on any atom is 0.229 e. The van der Waals surface area contributed by atoms with E-state index in [9.17, 15) is 0 Å². The van der Waals surface area contributed by atoms with E-state index in [4.69, 9.17) is 15.0 Å². The molecule has 0 aliphatic rings. The van der Waals surface area contributed by atoms with Crippen molar-refractivity contribution in [3.63, 3.8) is 0 Å². The molecule has 0 aliphatic heterocycles. The third kappa shape index (κ3) is 3.38. The lowest BCUT2D eigenvalue weighted by molar-refractivity contribution is 0.138. The first kappa shape index (κ1) is 12.7. The van der Waals surface area contributed by atoms with Gasteiger partial charge in [-0.1, -0.05) is 35.0 Å². The summed E-state index contributed by atoms with van der Waals surface area (Å²) in [7, 11) is 0. The summed E-state index contributed by atoms with van der Waals surface area (Å²) in [6.07, 6.45) is 0.610. The van der Waals surface area contributed by atoms with Crippen LogP contribution in [0.3, 0.4) is 0 Å². The average molecular weight is 247 g/mol. The largest absolute Gasteiger partial charge is 0.380 e. The predicted molar refractivity (Wildman–Crippen MR) is 68.0 cm³/mol. The van der Waals surface area contributed by atoms with Gasteiger partial charge in [0.15, 0.2) is 0 Å². The van der Waals surface area contributed by atoms with Crippen molar-refractivity contribution in [2.75, 3.05) is 19.8 Å². The first-order chi connectivity index (χ1) is 8.79. The van der Waals surface area contributed by atoms with E-state index in [2.05, 4.69) is 10.1 Å². The molecule has 2 rings (SSSR count). The summed E-state index contributed by atoms with van der Waals surface area (Å²) in [5.41, 5.74) is 7.49. The van der Waals surface area contributed by atoms with Gasteiger partial charge in [-0.25, -0.2) is 0 Å². The van der Waals surface area contributed by atoms with Crippen LogP contribution in [0.25, 0.3) is 11.4 Å². The number of hydrogen-bond donors (Lipinski definition) is 1. The highest BCUT2D eigenvalue weighted by atomic mass is 16.5. The van der Waals surface area contributed by atoms with Crippen LogP contribution >= 0.6 is 0 Å². The van der Waals surface area contributed by atoms with Gasteiger partial charge in [0.2, 0.25) is 11.7 Å². The molecule has 0 fully saturated rings. The van der Waals surface area contributed by atoms with Crippen LogP contribution in [-0.4, -0.2) is 29.9 Å². The molecule has 0 aliphatic carbocycles. The van der Waals surface area contributed by atoms with Gasteiger partial charge in [0, 0.05) is 12.1 Å². The Morgan fingerprint density at radius 1 is 1.22 bits per heavy atom. The fourth-order valence-electron chi connectivity index (χ4n) is 1.52. The van der Waals surface area contributed by atoms with E-state index in [-0.39, 0.29) is 0 Å². The van der Waals surface area contributed by atoms with E-state index in [0.717, 1.165) is 5.56 Å². The molecule has 0 atom stereocenters. The van der Waals surface area contributed by atoms with Gasteiger partial charge in [-0.05, 0) is 6.92 Å². The summed E-state index contributed by atoms with van der Waals surface area (Å²) in [5.74, 6) is 1.20. The minimum atomic E-state index is 0.526. The van der Waals surface area contributed by atoms with Crippen molar-refractivity contribution in [3.8, 4) is 11.4 Å². The molecule has 18 heavy (non-hydrogen) atoms. The highest BCUT2D eigenvalue weighted by molar-refractivity contribution is 5.54. The van der Waals surface area contributed by atoms with E-state index >= 15 is 0 Å². The first-order valence-corrected chi connectivity index (χ1v) is 5.97. The fourth-order valence-corrected chi connectivity index (χ4v) is 1.52. The molecule has 0 saturated carbocycles. The molecule has 1 aromatic carbocycles. The number of aromatic nitrogens is 2. The highest BCUT2D eigenvalue weighted by Crippen LogP contribution is 2.16. The van der Waals surface area contributed by atoms with Crippen molar-refractivity contribution < 1.29 is 9.26 Å². The maximum absolute atomic E-state index is 5.32. The Balaban J connectivity index is 1.95. The van der Waals surface area contributed by atoms with Crippen molar-refractivity contribution in [3.05, 3.63) is 35.7 Å². The van der Waals surface area contributed by atoms with Crippen molar-refractivity contribution in [1.29, 1.82) is 0 Å². The molecule has 5 heteroatoms. The van der Waals surface area contributed by atoms with Gasteiger partial charge >= 0.3 is 0 Å². The molecule has 0 spiro atoms. The Labute approximate surface area is 106 Å². The fraction of sp³-hybridized carbons (Fsp3) is 0.385. The zero-order valence-corrected chi connectivity index (χ0v) is 10.4. The Morgan fingerprint density at radius 2 is 2.00 bits per heavy atom. The minimum Gasteiger partial charge on any atom is -0.380 e. The first-order valence-electron chi connectivity index (χ1n) is 5.97. The molecule has 5 nitrogen and oxygen atoms in total. The number of nitrogens with two attached hydrogens (primary N) is 1. The van der Waals surface area contributed by atoms with Crippen LogP contribution in [0.2, 0.25) is 0 Å². The number of nitrogens with zero attached hydrogens (tertiary/aromatic N) is 2. The lowest BCUT2D eigenvalue weighted by Gasteiger charge is -1.97. The van der Waals surface area contributed by atoms with Gasteiger partial charge in [0.1, 0.15) is 0 Å². The van der Waals surface area contributed by atoms with E-state index in [1.54, 1.807) is 0 Å². The smallest absolute Gasteiger partial charge is 0.229 e. The molecule has 96 valence electrons. The molecular formula is C13H17N3O2. The number of ether oxygens (including phenoxy) is 1. The van der Waals surface area contributed by atoms with E-state index in [1.165, 1.54) is 5.56 Å². The third-order valence-corrected chi connectivity index (χ3v) is 2.50. The van der Waals surface area contributed by atoms with E-state index in [0.29, 0.717) is 37.9 Å². The average Bonchev–Trinajstić information content (AvgIpc) is 2.84. The molecule has 2 N–H and O–H groups in total. The summed E-state index contributed by atoms with van der Waals surface area (Å²) in [4.78, 5) is 4.32. The Bertz CT molecular complexity index is 479. The molecule has 1 aromatic heterocycles. The minimum absolute atomic E-state index is 0.526. The van der Waals surface area contributed by atoms with E-state index < -0.39 is 0 Å². The Kier molecular flexibility index (Phi) is 4.44. The molecule has 2 aromatic rings. The second kappa shape index (κ2) is 6.28. The van der Waals surface area contributed by atoms with Crippen LogP contribution in [0, 0.1) is 6.92 Å². The molecule has 0 saturated heterocycles. The zero-order valence-electron chi connectivity index (χ0n) is 10.4. The van der Waals surface area contributed by atoms with Gasteiger partial charge in [0.05, 0.1) is 19.6 Å². The van der Waals surface area contributed by atoms with Gasteiger partial charge < -0.3 is 15.0 Å². The monoisotopic (exact) mass is 247 g/mol. The van der Waals surface area contributed by atoms with Crippen LogP contribution in [0.4, 0.5) is 0 Å². The summed E-state index contributed by atoms with van der Waals surface area (Å²) >= 11 is 0. The number of benzene rings is 1. The van der Waals surface area contributed by atoms with Gasteiger partial charge in [-0.2, -0.15) is 4.98 Å². The number of aryl methyl sites for hydroxylation is 1. The molecule has 0 unspecified atom stereocenters. The molecular weight excluding hydrogens is 230 g/mol. The summed E-state index contributed by atoms with van der Waals surface area (Å²) in [5, 5.41) is 3.95. The van der Waals surface area contributed by atoms with Crippen molar-refractivity contribution in [2.24, 2.45) is 5.73 Å². The van der Waals surface area contributed by atoms with Gasteiger partial charge in [-0.3, -0.25) is 0 Å². The molecule has 0 amide bonds. The van der Waals surface area contributed by atoms with Crippen molar-refractivity contribution >= 4 is 0 Å². The standard InChI is InChI=1S/C13H17N3O2/c1-10-2-4-11(5-3-10)13-15-12(18-16-13)6-8-17-9-7-14/h2-5H,6-9,14H2,1H3. The maximum atomic E-state index is 5.32. The lowest BCUT2D eigenvalue weighted by atomic mass is 10.1. The van der Waals surface area contributed by atoms with E-state index in [1.807, 2.05) is 31.2 Å². The van der Waals surface area contributed by atoms with Crippen molar-refractivity contribution in [1.82, 2.24) is 10.1 Å². The topological polar surface area (TPSA) is 74.2 Å². The summed E-state index contributed by atoms with van der Waals surface area (Å²) in [6, 6.07) is 8.01. The zero-order chi connectivity index (χ0) is 12.8. The third-order valence-electron chi connectivity index (χ3n) is 2.50. The van der Waals surface area contributed by atoms with Crippen LogP contribution in [0.15, 0.2) is 28.8 Å². The number of rotatable bonds is 6. The van der Waals surface area contributed by atoms with Crippen LogP contribution in [-0.2, 0) is 11.2 Å². The molecule has 1 heterocycles. The SMILES string of the molecule is Cc1ccc(-c2noc(CCOCCN)n2)cc1. The Hall–Kier alpha value is -1.72. The Morgan fingerprint density at radius 3 is 2.72 bits per heavy atom. The highest BCUT2D eigenvalue weighted by Gasteiger charge is 2.07. The van der Waals surface area contributed by atoms with Crippen LogP contribution in [0.1, 0.15) is 11.5 Å². The van der Waals surface area contributed by atoms with Gasteiger partial charge in [-0.15, -0.1) is 0 Å². The van der Waals surface area contributed by atoms with Gasteiger partial charge in [0.25, 0.3) is 0 Å². The normalized spacial score (nSPS) is 10.8. The molecule has 0 radical (unpaired) electrons. The summed E-state index contributed by atoms with van der Waals surface area (Å²) < 4.78 is 10.4. The summed E-state index contributed by atoms with van der Waals surface area (Å²) in [6.45, 7) is 3.67. The molecule has 0 bridgehead atoms. The van der Waals surface area contributed by atoms with Crippen LogP contribution < -0.4 is 5.73 Å². The second-order valence-electron chi connectivity index (χ2n) is 4.03. The van der Waals surface area contributed by atoms with Crippen molar-refractivity contribution in [2.45, 2.75) is 13.3 Å². The second-order valence-corrected chi connectivity index (χ2v) is 4.03. The lowest BCUT2D eigenvalue weighted by Crippen LogP contribution is -2.10. The number of hydrogen-bond acceptors (Lipinski definition) is 5. The van der Waals surface area contributed by atoms with Crippen LogP contribution in [0.5, 0.6) is 0 Å². The quantitative estimate of drug-likeness (QED) is 0.784.